The lowest BCUT2D eigenvalue weighted by Crippen LogP contribution is -2.30. The molecule has 3 N–H and O–H groups in total. The van der Waals surface area contributed by atoms with Gasteiger partial charge in [-0.3, -0.25) is 9.59 Å². The molecule has 1 rings (SSSR count). The third-order valence-electron chi connectivity index (χ3n) is 2.37. The number of benzene rings is 1. The van der Waals surface area contributed by atoms with Crippen LogP contribution in [0.3, 0.4) is 0 Å². The minimum absolute atomic E-state index is 0.0725. The van der Waals surface area contributed by atoms with Gasteiger partial charge < -0.3 is 10.8 Å². The number of ketones is 1. The molecule has 1 atom stereocenters. The van der Waals surface area contributed by atoms with Gasteiger partial charge in [0.1, 0.15) is 6.04 Å². The average molecular weight is 221 g/mol. The Morgan fingerprint density at radius 3 is 2.38 bits per heavy atom. The van der Waals surface area contributed by atoms with Crippen LogP contribution in [0.4, 0.5) is 0 Å². The van der Waals surface area contributed by atoms with Crippen molar-refractivity contribution in [1.82, 2.24) is 0 Å². The fraction of sp³-hybridized carbons (Fsp3) is 0.333. The third kappa shape index (κ3) is 3.47. The molecule has 1 aromatic rings. The molecule has 4 heteroatoms. The summed E-state index contributed by atoms with van der Waals surface area (Å²) in [6.07, 6.45) is 0.332. The summed E-state index contributed by atoms with van der Waals surface area (Å²) in [5, 5.41) is 8.57. The second-order valence-electron chi connectivity index (χ2n) is 3.77. The van der Waals surface area contributed by atoms with Crippen LogP contribution in [0.5, 0.6) is 0 Å². The largest absolute Gasteiger partial charge is 0.480 e. The smallest absolute Gasteiger partial charge is 0.320 e. The Morgan fingerprint density at radius 2 is 1.88 bits per heavy atom. The topological polar surface area (TPSA) is 80.4 Å². The van der Waals surface area contributed by atoms with E-state index in [-0.39, 0.29) is 18.6 Å². The van der Waals surface area contributed by atoms with Crippen molar-refractivity contribution in [3.8, 4) is 0 Å². The first-order chi connectivity index (χ1) is 7.50. The highest BCUT2D eigenvalue weighted by Gasteiger charge is 2.14. The number of aliphatic carboxylic acids is 1. The number of carbonyl (C=O) groups excluding carboxylic acids is 1. The zero-order chi connectivity index (χ0) is 12.1. The molecule has 4 nitrogen and oxygen atoms in total. The molecule has 1 aromatic carbocycles. The first-order valence-electron chi connectivity index (χ1n) is 5.09. The van der Waals surface area contributed by atoms with Gasteiger partial charge >= 0.3 is 5.97 Å². The third-order valence-corrected chi connectivity index (χ3v) is 2.37. The van der Waals surface area contributed by atoms with Crippen molar-refractivity contribution >= 4 is 11.8 Å². The fourth-order valence-corrected chi connectivity index (χ4v) is 1.29. The van der Waals surface area contributed by atoms with Crippen LogP contribution in [0, 0.1) is 6.92 Å². The molecule has 0 saturated heterocycles. The van der Waals surface area contributed by atoms with Crippen molar-refractivity contribution in [2.24, 2.45) is 5.73 Å². The summed E-state index contributed by atoms with van der Waals surface area (Å²) in [6, 6.07) is 6.22. The van der Waals surface area contributed by atoms with Crippen LogP contribution in [0.2, 0.25) is 0 Å². The fourth-order valence-electron chi connectivity index (χ4n) is 1.29. The Morgan fingerprint density at radius 1 is 1.31 bits per heavy atom. The van der Waals surface area contributed by atoms with Gasteiger partial charge in [-0.15, -0.1) is 0 Å². The number of aryl methyl sites for hydroxylation is 1. The molecule has 16 heavy (non-hydrogen) atoms. The number of nitrogens with two attached hydrogens (primary N) is 1. The van der Waals surface area contributed by atoms with Crippen LogP contribution >= 0.6 is 0 Å². The number of hydrogen-bond acceptors (Lipinski definition) is 3. The van der Waals surface area contributed by atoms with Crippen LogP contribution in [0.1, 0.15) is 28.8 Å². The average Bonchev–Trinajstić information content (AvgIpc) is 2.26. The molecule has 0 unspecified atom stereocenters. The summed E-state index contributed by atoms with van der Waals surface area (Å²) in [6.45, 7) is 1.94. The lowest BCUT2D eigenvalue weighted by atomic mass is 10.0. The number of rotatable bonds is 5. The number of carboxylic acids is 1. The van der Waals surface area contributed by atoms with Crippen LogP contribution in [0.25, 0.3) is 0 Å². The second-order valence-corrected chi connectivity index (χ2v) is 3.77. The Kier molecular flexibility index (Phi) is 4.19. The van der Waals surface area contributed by atoms with Crippen molar-refractivity contribution in [1.29, 1.82) is 0 Å². The van der Waals surface area contributed by atoms with Gasteiger partial charge in [-0.1, -0.05) is 29.8 Å². The Hall–Kier alpha value is -1.68. The van der Waals surface area contributed by atoms with E-state index in [9.17, 15) is 9.59 Å². The predicted molar refractivity (Wildman–Crippen MR) is 60.4 cm³/mol. The van der Waals surface area contributed by atoms with Gasteiger partial charge in [0.2, 0.25) is 0 Å². The highest BCUT2D eigenvalue weighted by atomic mass is 16.4. The molecule has 0 aliphatic rings. The van der Waals surface area contributed by atoms with Gasteiger partial charge in [-0.05, 0) is 13.3 Å². The van der Waals surface area contributed by atoms with Gasteiger partial charge in [-0.25, -0.2) is 0 Å². The first-order valence-corrected chi connectivity index (χ1v) is 5.09. The molecule has 0 heterocycles. The molecule has 0 amide bonds. The van der Waals surface area contributed by atoms with Crippen molar-refractivity contribution < 1.29 is 14.7 Å². The molecular formula is C12H15NO3. The molecule has 0 aliphatic carbocycles. The lowest BCUT2D eigenvalue weighted by molar-refractivity contribution is -0.138. The molecule has 0 saturated carbocycles. The minimum Gasteiger partial charge on any atom is -0.480 e. The number of carbonyl (C=O) groups is 2. The highest BCUT2D eigenvalue weighted by molar-refractivity contribution is 5.96. The molecule has 0 aromatic heterocycles. The van der Waals surface area contributed by atoms with Crippen molar-refractivity contribution in [2.75, 3.05) is 0 Å². The van der Waals surface area contributed by atoms with Crippen molar-refractivity contribution in [2.45, 2.75) is 25.8 Å². The van der Waals surface area contributed by atoms with Crippen LogP contribution in [0.15, 0.2) is 24.3 Å². The molecule has 0 fully saturated rings. The van der Waals surface area contributed by atoms with E-state index in [4.69, 9.17) is 10.8 Å². The van der Waals surface area contributed by atoms with E-state index in [2.05, 4.69) is 0 Å². The zero-order valence-electron chi connectivity index (χ0n) is 9.14. The number of Topliss-reactive ketones (excluding diaryl/α,β-unsaturated/α-hetero) is 1. The van der Waals surface area contributed by atoms with Gasteiger partial charge in [0.05, 0.1) is 0 Å². The van der Waals surface area contributed by atoms with Gasteiger partial charge in [-0.2, -0.15) is 0 Å². The molecule has 0 radical (unpaired) electrons. The zero-order valence-corrected chi connectivity index (χ0v) is 9.14. The minimum atomic E-state index is -1.07. The summed E-state index contributed by atoms with van der Waals surface area (Å²) in [4.78, 5) is 22.1. The Bertz CT molecular complexity index is 384. The summed E-state index contributed by atoms with van der Waals surface area (Å²) in [7, 11) is 0. The lowest BCUT2D eigenvalue weighted by Gasteiger charge is -2.05. The van der Waals surface area contributed by atoms with Crippen LogP contribution < -0.4 is 5.73 Å². The molecular weight excluding hydrogens is 206 g/mol. The van der Waals surface area contributed by atoms with Crippen molar-refractivity contribution in [3.05, 3.63) is 35.4 Å². The standard InChI is InChI=1S/C12H15NO3/c1-8-2-4-9(5-3-8)11(14)7-6-10(13)12(15)16/h2-5,10H,6-7,13H2,1H3,(H,15,16)/t10-/m1/s1. The van der Waals surface area contributed by atoms with Gasteiger partial charge in [0.15, 0.2) is 5.78 Å². The summed E-state index contributed by atoms with van der Waals surface area (Å²) >= 11 is 0. The summed E-state index contributed by atoms with van der Waals surface area (Å²) in [5.74, 6) is -1.14. The van der Waals surface area contributed by atoms with E-state index < -0.39 is 12.0 Å². The molecule has 0 aliphatic heterocycles. The first kappa shape index (κ1) is 12.4. The van der Waals surface area contributed by atoms with E-state index in [1.807, 2.05) is 19.1 Å². The molecule has 0 bridgehead atoms. The van der Waals surface area contributed by atoms with Crippen LogP contribution in [-0.4, -0.2) is 22.9 Å². The monoisotopic (exact) mass is 221 g/mol. The molecule has 86 valence electrons. The van der Waals surface area contributed by atoms with E-state index in [0.717, 1.165) is 5.56 Å². The Labute approximate surface area is 94.1 Å². The highest BCUT2D eigenvalue weighted by Crippen LogP contribution is 2.08. The van der Waals surface area contributed by atoms with E-state index in [1.54, 1.807) is 12.1 Å². The normalized spacial score (nSPS) is 12.1. The van der Waals surface area contributed by atoms with E-state index in [1.165, 1.54) is 0 Å². The maximum absolute atomic E-state index is 11.6. The van der Waals surface area contributed by atoms with Gasteiger partial charge in [0.25, 0.3) is 0 Å². The Balaban J connectivity index is 2.53. The SMILES string of the molecule is Cc1ccc(C(=O)CC[C@@H](N)C(=O)O)cc1. The quantitative estimate of drug-likeness (QED) is 0.736. The summed E-state index contributed by atoms with van der Waals surface area (Å²) in [5.41, 5.74) is 7.00. The van der Waals surface area contributed by atoms with E-state index in [0.29, 0.717) is 5.56 Å². The maximum atomic E-state index is 11.6. The second kappa shape index (κ2) is 5.42. The van der Waals surface area contributed by atoms with Crippen molar-refractivity contribution in [3.63, 3.8) is 0 Å². The molecule has 0 spiro atoms. The number of hydrogen-bond donors (Lipinski definition) is 2. The number of carboxylic acid groups (broad SMARTS) is 1. The summed E-state index contributed by atoms with van der Waals surface area (Å²) < 4.78 is 0. The predicted octanol–water partition coefficient (Wildman–Crippen LogP) is 1.37. The maximum Gasteiger partial charge on any atom is 0.320 e. The van der Waals surface area contributed by atoms with E-state index >= 15 is 0 Å². The van der Waals surface area contributed by atoms with Crippen LogP contribution in [-0.2, 0) is 4.79 Å². The van der Waals surface area contributed by atoms with Gasteiger partial charge in [0, 0.05) is 12.0 Å².